The fourth-order valence-corrected chi connectivity index (χ4v) is 4.11. The van der Waals surface area contributed by atoms with Gasteiger partial charge in [0.15, 0.2) is 0 Å². The minimum Gasteiger partial charge on any atom is -0.347 e. The molecule has 0 saturated heterocycles. The maximum Gasteiger partial charge on any atom is 0.262 e. The fraction of sp³-hybridized carbons (Fsp3) is 0.533. The number of hydrogen-bond acceptors (Lipinski definition) is 4. The number of fused-ring (bicyclic) bond motifs is 3. The van der Waals surface area contributed by atoms with E-state index in [1.165, 1.54) is 20.7 Å². The van der Waals surface area contributed by atoms with Gasteiger partial charge in [-0.15, -0.1) is 11.3 Å². The molecular formula is C15H19N3O2S. The summed E-state index contributed by atoms with van der Waals surface area (Å²) in [6, 6.07) is 0. The third-order valence-corrected chi connectivity index (χ3v) is 5.25. The number of carbonyl (C=O) groups excluding carboxylic acids is 1. The van der Waals surface area contributed by atoms with Crippen LogP contribution in [0, 0.1) is 5.92 Å². The fourth-order valence-electron chi connectivity index (χ4n) is 2.77. The number of rotatable bonds is 2. The Morgan fingerprint density at radius 3 is 3.00 bits per heavy atom. The Morgan fingerprint density at radius 2 is 2.29 bits per heavy atom. The van der Waals surface area contributed by atoms with Crippen LogP contribution in [0.3, 0.4) is 0 Å². The Labute approximate surface area is 127 Å². The van der Waals surface area contributed by atoms with Gasteiger partial charge in [0, 0.05) is 19.0 Å². The molecule has 2 aromatic rings. The Hall–Kier alpha value is -1.69. The molecule has 1 amide bonds. The third-order valence-electron chi connectivity index (χ3n) is 4.09. The molecule has 1 aliphatic rings. The highest BCUT2D eigenvalue weighted by Crippen LogP contribution is 2.35. The van der Waals surface area contributed by atoms with E-state index in [2.05, 4.69) is 11.9 Å². The van der Waals surface area contributed by atoms with Gasteiger partial charge >= 0.3 is 0 Å². The van der Waals surface area contributed by atoms with Crippen LogP contribution in [0.1, 0.15) is 23.8 Å². The van der Waals surface area contributed by atoms with E-state index in [0.717, 1.165) is 35.0 Å². The van der Waals surface area contributed by atoms with Crippen molar-refractivity contribution in [3.05, 3.63) is 27.1 Å². The van der Waals surface area contributed by atoms with E-state index in [1.807, 2.05) is 0 Å². The zero-order valence-corrected chi connectivity index (χ0v) is 13.4. The maximum absolute atomic E-state index is 12.7. The van der Waals surface area contributed by atoms with Gasteiger partial charge in [0.25, 0.3) is 5.56 Å². The molecule has 0 aliphatic heterocycles. The molecule has 3 rings (SSSR count). The normalized spacial score (nSPS) is 17.8. The Kier molecular flexibility index (Phi) is 3.57. The van der Waals surface area contributed by atoms with E-state index < -0.39 is 0 Å². The van der Waals surface area contributed by atoms with E-state index in [0.29, 0.717) is 5.92 Å². The number of likely N-dealkylation sites (N-methyl/N-ethyl adjacent to an activating group) is 1. The van der Waals surface area contributed by atoms with E-state index >= 15 is 0 Å². The van der Waals surface area contributed by atoms with E-state index in [9.17, 15) is 9.59 Å². The molecule has 2 aromatic heterocycles. The van der Waals surface area contributed by atoms with Crippen molar-refractivity contribution < 1.29 is 4.79 Å². The molecule has 0 fully saturated rings. The van der Waals surface area contributed by atoms with Crippen molar-refractivity contribution in [3.8, 4) is 0 Å². The Morgan fingerprint density at radius 1 is 1.52 bits per heavy atom. The van der Waals surface area contributed by atoms with Crippen LogP contribution in [0.25, 0.3) is 10.2 Å². The second-order valence-corrected chi connectivity index (χ2v) is 7.08. The van der Waals surface area contributed by atoms with E-state index in [4.69, 9.17) is 0 Å². The van der Waals surface area contributed by atoms with E-state index in [1.54, 1.807) is 25.4 Å². The molecule has 5 nitrogen and oxygen atoms in total. The van der Waals surface area contributed by atoms with Gasteiger partial charge in [0.2, 0.25) is 5.91 Å². The lowest BCUT2D eigenvalue weighted by Gasteiger charge is -2.17. The maximum atomic E-state index is 12.7. The summed E-state index contributed by atoms with van der Waals surface area (Å²) < 4.78 is 1.43. The van der Waals surface area contributed by atoms with Crippen LogP contribution in [0.5, 0.6) is 0 Å². The molecular weight excluding hydrogens is 286 g/mol. The summed E-state index contributed by atoms with van der Waals surface area (Å²) in [4.78, 5) is 32.5. The number of aryl methyl sites for hydroxylation is 1. The van der Waals surface area contributed by atoms with Crippen LogP contribution in [-0.2, 0) is 24.2 Å². The van der Waals surface area contributed by atoms with Crippen molar-refractivity contribution >= 4 is 27.5 Å². The lowest BCUT2D eigenvalue weighted by atomic mass is 9.89. The zero-order chi connectivity index (χ0) is 15.1. The molecule has 112 valence electrons. The van der Waals surface area contributed by atoms with Crippen molar-refractivity contribution in [1.29, 1.82) is 0 Å². The molecule has 0 aromatic carbocycles. The molecule has 0 saturated carbocycles. The van der Waals surface area contributed by atoms with Crippen LogP contribution in [-0.4, -0.2) is 34.5 Å². The lowest BCUT2D eigenvalue weighted by molar-refractivity contribution is -0.129. The third kappa shape index (κ3) is 2.48. The predicted octanol–water partition coefficient (Wildman–Crippen LogP) is 1.67. The van der Waals surface area contributed by atoms with Gasteiger partial charge < -0.3 is 4.90 Å². The molecule has 1 atom stereocenters. The number of amides is 1. The smallest absolute Gasteiger partial charge is 0.262 e. The summed E-state index contributed by atoms with van der Waals surface area (Å²) in [6.07, 6.45) is 4.59. The van der Waals surface area contributed by atoms with Crippen molar-refractivity contribution in [3.63, 3.8) is 0 Å². The minimum absolute atomic E-state index is 0.0514. The van der Waals surface area contributed by atoms with Gasteiger partial charge in [-0.1, -0.05) is 6.92 Å². The summed E-state index contributed by atoms with van der Waals surface area (Å²) >= 11 is 1.63. The number of aromatic nitrogens is 2. The quantitative estimate of drug-likeness (QED) is 0.848. The van der Waals surface area contributed by atoms with Crippen molar-refractivity contribution in [2.24, 2.45) is 5.92 Å². The Bertz CT molecular complexity index is 760. The molecule has 1 aliphatic carbocycles. The zero-order valence-electron chi connectivity index (χ0n) is 12.5. The molecule has 0 N–H and O–H groups in total. The highest BCUT2D eigenvalue weighted by molar-refractivity contribution is 7.18. The highest BCUT2D eigenvalue weighted by atomic mass is 32.1. The number of nitrogens with zero attached hydrogens (tertiary/aromatic N) is 3. The monoisotopic (exact) mass is 305 g/mol. The van der Waals surface area contributed by atoms with Crippen molar-refractivity contribution in [1.82, 2.24) is 14.5 Å². The molecule has 6 heteroatoms. The van der Waals surface area contributed by atoms with Crippen molar-refractivity contribution in [2.75, 3.05) is 14.1 Å². The molecule has 0 spiro atoms. The van der Waals surface area contributed by atoms with Gasteiger partial charge in [-0.05, 0) is 30.7 Å². The summed E-state index contributed by atoms with van der Waals surface area (Å²) in [5, 5.41) is 0.732. The number of carbonyl (C=O) groups is 1. The largest absolute Gasteiger partial charge is 0.347 e. The summed E-state index contributed by atoms with van der Waals surface area (Å²) in [5.74, 6) is 0.569. The molecule has 1 unspecified atom stereocenters. The van der Waals surface area contributed by atoms with Crippen LogP contribution in [0.15, 0.2) is 11.1 Å². The standard InChI is InChI=1S/C15H19N3O2S/c1-9-4-5-10-11(6-9)21-14-13(10)15(20)18(8-16-14)7-12(19)17(2)3/h8-9H,4-7H2,1-3H3. The summed E-state index contributed by atoms with van der Waals surface area (Å²) in [6.45, 7) is 2.30. The minimum atomic E-state index is -0.101. The highest BCUT2D eigenvalue weighted by Gasteiger charge is 2.23. The molecule has 0 radical (unpaired) electrons. The first kappa shape index (κ1) is 14.3. The first-order valence-electron chi connectivity index (χ1n) is 7.17. The predicted molar refractivity (Wildman–Crippen MR) is 83.8 cm³/mol. The number of thiophene rings is 1. The first-order chi connectivity index (χ1) is 9.97. The molecule has 0 bridgehead atoms. The average molecular weight is 305 g/mol. The van der Waals surface area contributed by atoms with Crippen LogP contribution in [0.2, 0.25) is 0 Å². The van der Waals surface area contributed by atoms with E-state index in [-0.39, 0.29) is 18.0 Å². The molecule has 2 heterocycles. The second kappa shape index (κ2) is 5.26. The van der Waals surface area contributed by atoms with Crippen LogP contribution >= 0.6 is 11.3 Å². The summed E-state index contributed by atoms with van der Waals surface area (Å²) in [7, 11) is 3.38. The number of hydrogen-bond donors (Lipinski definition) is 0. The van der Waals surface area contributed by atoms with Gasteiger partial charge in [-0.25, -0.2) is 4.98 Å². The molecule has 21 heavy (non-hydrogen) atoms. The SMILES string of the molecule is CC1CCc2c(sc3ncn(CC(=O)N(C)C)c(=O)c23)C1. The second-order valence-electron chi connectivity index (χ2n) is 6.00. The van der Waals surface area contributed by atoms with Gasteiger partial charge in [0.05, 0.1) is 11.7 Å². The lowest BCUT2D eigenvalue weighted by Crippen LogP contribution is -2.31. The van der Waals surface area contributed by atoms with Crippen LogP contribution in [0.4, 0.5) is 0 Å². The van der Waals surface area contributed by atoms with Crippen LogP contribution < -0.4 is 5.56 Å². The van der Waals surface area contributed by atoms with Gasteiger partial charge in [0.1, 0.15) is 11.4 Å². The Balaban J connectivity index is 2.08. The summed E-state index contributed by atoms with van der Waals surface area (Å²) in [5.41, 5.74) is 1.08. The van der Waals surface area contributed by atoms with Crippen molar-refractivity contribution in [2.45, 2.75) is 32.7 Å². The topological polar surface area (TPSA) is 55.2 Å². The average Bonchev–Trinajstić information content (AvgIpc) is 2.79. The van der Waals surface area contributed by atoms with Gasteiger partial charge in [-0.3, -0.25) is 14.2 Å². The van der Waals surface area contributed by atoms with Gasteiger partial charge in [-0.2, -0.15) is 0 Å². The first-order valence-corrected chi connectivity index (χ1v) is 7.99.